The molecule has 0 saturated heterocycles. The molecule has 0 aromatic heterocycles. The average Bonchev–Trinajstić information content (AvgIpc) is 2.16. The lowest BCUT2D eigenvalue weighted by molar-refractivity contribution is 0.734. The maximum atomic E-state index is 8.81. The molecule has 1 atom stereocenters. The van der Waals surface area contributed by atoms with E-state index in [9.17, 15) is 0 Å². The van der Waals surface area contributed by atoms with E-state index in [1.807, 2.05) is 19.1 Å². The number of aryl methyl sites for hydroxylation is 1. The molecule has 0 unspecified atom stereocenters. The molecule has 0 aliphatic carbocycles. The highest BCUT2D eigenvalue weighted by Gasteiger charge is 2.08. The smallest absolute Gasteiger partial charge is 0.0995 e. The monoisotopic (exact) mass is 175 g/mol. The SMILES string of the molecule is Cc1ccc(C#N)c([C@@H](N)CN)c1. The largest absolute Gasteiger partial charge is 0.329 e. The summed E-state index contributed by atoms with van der Waals surface area (Å²) in [5.74, 6) is 0. The molecular formula is C10H13N3. The summed E-state index contributed by atoms with van der Waals surface area (Å²) in [6.07, 6.45) is 0. The third-order valence-corrected chi connectivity index (χ3v) is 1.98. The van der Waals surface area contributed by atoms with Crippen LogP contribution in [0.1, 0.15) is 22.7 Å². The van der Waals surface area contributed by atoms with Crippen molar-refractivity contribution >= 4 is 0 Å². The first-order valence-corrected chi connectivity index (χ1v) is 4.15. The Kier molecular flexibility index (Phi) is 3.02. The van der Waals surface area contributed by atoms with Gasteiger partial charge in [-0.25, -0.2) is 0 Å². The zero-order chi connectivity index (χ0) is 9.84. The second kappa shape index (κ2) is 4.04. The van der Waals surface area contributed by atoms with Crippen LogP contribution in [0.2, 0.25) is 0 Å². The summed E-state index contributed by atoms with van der Waals surface area (Å²) in [6, 6.07) is 7.45. The highest BCUT2D eigenvalue weighted by molar-refractivity contribution is 5.41. The van der Waals surface area contributed by atoms with Gasteiger partial charge in [-0.2, -0.15) is 5.26 Å². The number of hydrogen-bond donors (Lipinski definition) is 2. The van der Waals surface area contributed by atoms with E-state index in [2.05, 4.69) is 6.07 Å². The van der Waals surface area contributed by atoms with Gasteiger partial charge in [-0.1, -0.05) is 17.7 Å². The van der Waals surface area contributed by atoms with Crippen molar-refractivity contribution in [2.75, 3.05) is 6.54 Å². The van der Waals surface area contributed by atoms with Crippen LogP contribution in [0.15, 0.2) is 18.2 Å². The van der Waals surface area contributed by atoms with Crippen LogP contribution in [-0.2, 0) is 0 Å². The topological polar surface area (TPSA) is 75.8 Å². The fraction of sp³-hybridized carbons (Fsp3) is 0.300. The van der Waals surface area contributed by atoms with Crippen molar-refractivity contribution in [2.45, 2.75) is 13.0 Å². The summed E-state index contributed by atoms with van der Waals surface area (Å²) in [5.41, 5.74) is 13.8. The van der Waals surface area contributed by atoms with Crippen LogP contribution in [0.25, 0.3) is 0 Å². The van der Waals surface area contributed by atoms with Gasteiger partial charge in [-0.05, 0) is 18.6 Å². The first kappa shape index (κ1) is 9.72. The molecule has 0 spiro atoms. The lowest BCUT2D eigenvalue weighted by Crippen LogP contribution is -2.21. The van der Waals surface area contributed by atoms with E-state index in [1.165, 1.54) is 0 Å². The van der Waals surface area contributed by atoms with E-state index in [-0.39, 0.29) is 6.04 Å². The van der Waals surface area contributed by atoms with Crippen LogP contribution in [0.5, 0.6) is 0 Å². The number of nitrogens with zero attached hydrogens (tertiary/aromatic N) is 1. The molecule has 0 radical (unpaired) electrons. The molecule has 13 heavy (non-hydrogen) atoms. The van der Waals surface area contributed by atoms with Crippen molar-refractivity contribution in [2.24, 2.45) is 11.5 Å². The lowest BCUT2D eigenvalue weighted by Gasteiger charge is -2.11. The molecule has 1 aromatic rings. The quantitative estimate of drug-likeness (QED) is 0.698. The highest BCUT2D eigenvalue weighted by atomic mass is 14.7. The van der Waals surface area contributed by atoms with Gasteiger partial charge >= 0.3 is 0 Å². The van der Waals surface area contributed by atoms with Crippen molar-refractivity contribution in [1.82, 2.24) is 0 Å². The van der Waals surface area contributed by atoms with Gasteiger partial charge < -0.3 is 11.5 Å². The summed E-state index contributed by atoms with van der Waals surface area (Å²) in [6.45, 7) is 2.33. The van der Waals surface area contributed by atoms with Crippen molar-refractivity contribution in [1.29, 1.82) is 5.26 Å². The molecule has 0 amide bonds. The molecule has 3 heteroatoms. The summed E-state index contributed by atoms with van der Waals surface area (Å²) in [7, 11) is 0. The molecule has 4 N–H and O–H groups in total. The molecule has 0 saturated carbocycles. The lowest BCUT2D eigenvalue weighted by atomic mass is 9.99. The molecule has 1 aromatic carbocycles. The van der Waals surface area contributed by atoms with Crippen LogP contribution in [-0.4, -0.2) is 6.54 Å². The molecule has 0 bridgehead atoms. The van der Waals surface area contributed by atoms with Gasteiger partial charge in [-0.15, -0.1) is 0 Å². The van der Waals surface area contributed by atoms with Gasteiger partial charge in [0.05, 0.1) is 11.6 Å². The summed E-state index contributed by atoms with van der Waals surface area (Å²) in [4.78, 5) is 0. The Labute approximate surface area is 78.0 Å². The maximum absolute atomic E-state index is 8.81. The number of nitrogens with two attached hydrogens (primary N) is 2. The van der Waals surface area contributed by atoms with E-state index in [1.54, 1.807) is 6.07 Å². The molecule has 0 heterocycles. The van der Waals surface area contributed by atoms with E-state index in [0.717, 1.165) is 11.1 Å². The van der Waals surface area contributed by atoms with Crippen molar-refractivity contribution in [3.8, 4) is 6.07 Å². The number of nitriles is 1. The summed E-state index contributed by atoms with van der Waals surface area (Å²) in [5, 5.41) is 8.81. The Morgan fingerprint density at radius 3 is 2.77 bits per heavy atom. The van der Waals surface area contributed by atoms with E-state index < -0.39 is 0 Å². The first-order chi connectivity index (χ1) is 6.19. The maximum Gasteiger partial charge on any atom is 0.0995 e. The van der Waals surface area contributed by atoms with E-state index in [4.69, 9.17) is 16.7 Å². The summed E-state index contributed by atoms with van der Waals surface area (Å²) < 4.78 is 0. The van der Waals surface area contributed by atoms with E-state index in [0.29, 0.717) is 12.1 Å². The molecule has 3 nitrogen and oxygen atoms in total. The Hall–Kier alpha value is -1.37. The molecule has 1 rings (SSSR count). The number of rotatable bonds is 2. The van der Waals surface area contributed by atoms with Crippen molar-refractivity contribution in [3.05, 3.63) is 34.9 Å². The Balaban J connectivity index is 3.17. The molecule has 0 fully saturated rings. The predicted octanol–water partition coefficient (Wildman–Crippen LogP) is 0.825. The Morgan fingerprint density at radius 1 is 1.54 bits per heavy atom. The first-order valence-electron chi connectivity index (χ1n) is 4.15. The number of hydrogen-bond acceptors (Lipinski definition) is 3. The highest BCUT2D eigenvalue weighted by Crippen LogP contribution is 2.16. The fourth-order valence-electron chi connectivity index (χ4n) is 1.22. The van der Waals surface area contributed by atoms with Gasteiger partial charge in [0.2, 0.25) is 0 Å². The van der Waals surface area contributed by atoms with Crippen molar-refractivity contribution < 1.29 is 0 Å². The zero-order valence-electron chi connectivity index (χ0n) is 7.62. The summed E-state index contributed by atoms with van der Waals surface area (Å²) >= 11 is 0. The molecule has 0 aliphatic heterocycles. The number of benzene rings is 1. The van der Waals surface area contributed by atoms with Crippen LogP contribution in [0.4, 0.5) is 0 Å². The Morgan fingerprint density at radius 2 is 2.23 bits per heavy atom. The minimum atomic E-state index is -0.241. The molecule has 0 aliphatic rings. The standard InChI is InChI=1S/C10H13N3/c1-7-2-3-8(5-11)9(4-7)10(13)6-12/h2-4,10H,6,12-13H2,1H3/t10-/m0/s1. The van der Waals surface area contributed by atoms with Gasteiger partial charge in [0.15, 0.2) is 0 Å². The van der Waals surface area contributed by atoms with Crippen LogP contribution in [0.3, 0.4) is 0 Å². The third kappa shape index (κ3) is 2.05. The Bertz CT molecular complexity index is 339. The predicted molar refractivity (Wildman–Crippen MR) is 51.9 cm³/mol. The average molecular weight is 175 g/mol. The van der Waals surface area contributed by atoms with E-state index >= 15 is 0 Å². The van der Waals surface area contributed by atoms with Crippen LogP contribution < -0.4 is 11.5 Å². The normalized spacial score (nSPS) is 12.2. The van der Waals surface area contributed by atoms with Crippen LogP contribution >= 0.6 is 0 Å². The molecule has 68 valence electrons. The second-order valence-electron chi connectivity index (χ2n) is 3.04. The van der Waals surface area contributed by atoms with Gasteiger partial charge in [0, 0.05) is 12.6 Å². The minimum absolute atomic E-state index is 0.241. The fourth-order valence-corrected chi connectivity index (χ4v) is 1.22. The zero-order valence-corrected chi connectivity index (χ0v) is 7.62. The minimum Gasteiger partial charge on any atom is -0.329 e. The van der Waals surface area contributed by atoms with Crippen molar-refractivity contribution in [3.63, 3.8) is 0 Å². The third-order valence-electron chi connectivity index (χ3n) is 1.98. The van der Waals surface area contributed by atoms with Gasteiger partial charge in [0.1, 0.15) is 0 Å². The second-order valence-corrected chi connectivity index (χ2v) is 3.04. The van der Waals surface area contributed by atoms with Crippen LogP contribution in [0, 0.1) is 18.3 Å². The van der Waals surface area contributed by atoms with Gasteiger partial charge in [0.25, 0.3) is 0 Å². The van der Waals surface area contributed by atoms with Gasteiger partial charge in [-0.3, -0.25) is 0 Å². The molecular weight excluding hydrogens is 162 g/mol.